The van der Waals surface area contributed by atoms with Gasteiger partial charge < -0.3 is 9.88 Å². The van der Waals surface area contributed by atoms with Crippen LogP contribution in [0.1, 0.15) is 28.9 Å². The highest BCUT2D eigenvalue weighted by Gasteiger charge is 2.13. The zero-order valence-electron chi connectivity index (χ0n) is 15.2. The van der Waals surface area contributed by atoms with Crippen molar-refractivity contribution >= 4 is 45.8 Å². The fourth-order valence-corrected chi connectivity index (χ4v) is 3.70. The predicted octanol–water partition coefficient (Wildman–Crippen LogP) is 4.40. The summed E-state index contributed by atoms with van der Waals surface area (Å²) >= 11 is 7.64. The third-order valence-electron chi connectivity index (χ3n) is 4.01. The van der Waals surface area contributed by atoms with Gasteiger partial charge in [0.2, 0.25) is 5.91 Å². The lowest BCUT2D eigenvalue weighted by Gasteiger charge is -2.20. The molecule has 0 saturated heterocycles. The molecule has 0 atom stereocenters. The fourth-order valence-electron chi connectivity index (χ4n) is 2.76. The van der Waals surface area contributed by atoms with Crippen molar-refractivity contribution in [2.24, 2.45) is 0 Å². The normalized spacial score (nSPS) is 11.4. The van der Waals surface area contributed by atoms with Crippen molar-refractivity contribution in [1.29, 1.82) is 0 Å². The number of carbonyl (C=O) groups is 1. The number of H-pyrrole nitrogens is 1. The molecule has 2 aromatic heterocycles. The summed E-state index contributed by atoms with van der Waals surface area (Å²) in [5, 5.41) is 0.992. The molecular formula is C20H20ClN3O2S. The average Bonchev–Trinajstić information content (AvgIpc) is 3.04. The van der Waals surface area contributed by atoms with Crippen molar-refractivity contribution in [3.63, 3.8) is 0 Å². The Kier molecular flexibility index (Phi) is 6.08. The summed E-state index contributed by atoms with van der Waals surface area (Å²) < 4.78 is 0. The van der Waals surface area contributed by atoms with Gasteiger partial charge in [-0.25, -0.2) is 4.98 Å². The van der Waals surface area contributed by atoms with Crippen LogP contribution in [-0.4, -0.2) is 27.3 Å². The number of hydrogen-bond acceptors (Lipinski definition) is 4. The number of amides is 1. The first-order valence-electron chi connectivity index (χ1n) is 8.68. The van der Waals surface area contributed by atoms with E-state index in [4.69, 9.17) is 11.6 Å². The van der Waals surface area contributed by atoms with Crippen molar-refractivity contribution in [2.45, 2.75) is 26.8 Å². The lowest BCUT2D eigenvalue weighted by atomic mass is 10.2. The molecule has 2 heterocycles. The topological polar surface area (TPSA) is 66.1 Å². The van der Waals surface area contributed by atoms with Crippen molar-refractivity contribution in [1.82, 2.24) is 14.9 Å². The van der Waals surface area contributed by atoms with E-state index in [2.05, 4.69) is 9.97 Å². The summed E-state index contributed by atoms with van der Waals surface area (Å²) in [5.74, 6) is 0.327. The first-order chi connectivity index (χ1) is 13.0. The first kappa shape index (κ1) is 19.3. The third kappa shape index (κ3) is 4.84. The van der Waals surface area contributed by atoms with Crippen LogP contribution in [0.4, 0.5) is 0 Å². The molecule has 7 heteroatoms. The molecule has 0 unspecified atom stereocenters. The number of aromatic nitrogens is 2. The van der Waals surface area contributed by atoms with Crippen LogP contribution >= 0.6 is 22.9 Å². The third-order valence-corrected chi connectivity index (χ3v) is 5.22. The number of aryl methyl sites for hydroxylation is 1. The summed E-state index contributed by atoms with van der Waals surface area (Å²) in [6, 6.07) is 8.96. The second kappa shape index (κ2) is 8.50. The Morgan fingerprint density at radius 3 is 2.85 bits per heavy atom. The van der Waals surface area contributed by atoms with Crippen LogP contribution < -0.4 is 5.56 Å². The van der Waals surface area contributed by atoms with Gasteiger partial charge in [0, 0.05) is 27.4 Å². The lowest BCUT2D eigenvalue weighted by molar-refractivity contribution is -0.126. The zero-order chi connectivity index (χ0) is 19.4. The molecule has 0 aliphatic rings. The maximum atomic E-state index is 12.6. The first-order valence-corrected chi connectivity index (χ1v) is 9.87. The number of carbonyl (C=O) groups excluding carboxylic acids is 1. The maximum Gasteiger partial charge on any atom is 0.258 e. The summed E-state index contributed by atoms with van der Waals surface area (Å²) in [4.78, 5) is 36.0. The van der Waals surface area contributed by atoms with Gasteiger partial charge in [0.05, 0.1) is 17.4 Å². The van der Waals surface area contributed by atoms with Gasteiger partial charge in [0.1, 0.15) is 5.82 Å². The van der Waals surface area contributed by atoms with Crippen molar-refractivity contribution in [3.05, 3.63) is 67.4 Å². The SMILES string of the molecule is CCCN(Cc1nc2cc(Cl)ccc2c(=O)[nH]1)C(=O)C=Cc1ccc(C)s1. The molecule has 0 fully saturated rings. The number of rotatable bonds is 6. The van der Waals surface area contributed by atoms with Crippen LogP contribution in [0.5, 0.6) is 0 Å². The molecule has 3 aromatic rings. The van der Waals surface area contributed by atoms with Gasteiger partial charge in [-0.3, -0.25) is 9.59 Å². The molecule has 0 aliphatic carbocycles. The summed E-state index contributed by atoms with van der Waals surface area (Å²) in [7, 11) is 0. The minimum absolute atomic E-state index is 0.114. The number of nitrogens with zero attached hydrogens (tertiary/aromatic N) is 2. The molecule has 5 nitrogen and oxygen atoms in total. The highest BCUT2D eigenvalue weighted by molar-refractivity contribution is 7.12. The molecule has 3 rings (SSSR count). The molecule has 0 saturated carbocycles. The molecule has 0 radical (unpaired) electrons. The van der Waals surface area contributed by atoms with Crippen LogP contribution in [-0.2, 0) is 11.3 Å². The molecule has 140 valence electrons. The number of aromatic amines is 1. The monoisotopic (exact) mass is 401 g/mol. The van der Waals surface area contributed by atoms with E-state index in [1.165, 1.54) is 4.88 Å². The number of benzene rings is 1. The number of halogens is 1. The molecule has 1 amide bonds. The Labute approximate surface area is 166 Å². The van der Waals surface area contributed by atoms with Gasteiger partial charge in [0.25, 0.3) is 5.56 Å². The van der Waals surface area contributed by atoms with E-state index in [1.54, 1.807) is 40.5 Å². The molecular weight excluding hydrogens is 382 g/mol. The van der Waals surface area contributed by atoms with E-state index >= 15 is 0 Å². The Hall–Kier alpha value is -2.44. The minimum Gasteiger partial charge on any atom is -0.332 e. The molecule has 0 spiro atoms. The number of hydrogen-bond donors (Lipinski definition) is 1. The van der Waals surface area contributed by atoms with E-state index < -0.39 is 0 Å². The molecule has 27 heavy (non-hydrogen) atoms. The lowest BCUT2D eigenvalue weighted by Crippen LogP contribution is -2.31. The Bertz CT molecular complexity index is 1050. The van der Waals surface area contributed by atoms with Gasteiger partial charge in [0.15, 0.2) is 0 Å². The van der Waals surface area contributed by atoms with Crippen LogP contribution in [0.3, 0.4) is 0 Å². The Morgan fingerprint density at radius 1 is 1.33 bits per heavy atom. The fraction of sp³-hybridized carbons (Fsp3) is 0.250. The highest BCUT2D eigenvalue weighted by atomic mass is 35.5. The van der Waals surface area contributed by atoms with Crippen LogP contribution in [0.2, 0.25) is 5.02 Å². The van der Waals surface area contributed by atoms with Gasteiger partial charge in [-0.1, -0.05) is 18.5 Å². The van der Waals surface area contributed by atoms with E-state index in [1.807, 2.05) is 32.1 Å². The molecule has 1 N–H and O–H groups in total. The number of fused-ring (bicyclic) bond motifs is 1. The van der Waals surface area contributed by atoms with Gasteiger partial charge in [-0.15, -0.1) is 11.3 Å². The van der Waals surface area contributed by atoms with Crippen molar-refractivity contribution < 1.29 is 4.79 Å². The maximum absolute atomic E-state index is 12.6. The van der Waals surface area contributed by atoms with Crippen LogP contribution in [0.15, 0.2) is 41.2 Å². The van der Waals surface area contributed by atoms with Crippen LogP contribution in [0.25, 0.3) is 17.0 Å². The van der Waals surface area contributed by atoms with E-state index in [-0.39, 0.29) is 18.0 Å². The summed E-state index contributed by atoms with van der Waals surface area (Å²) in [6.45, 7) is 4.84. The number of thiophene rings is 1. The zero-order valence-corrected chi connectivity index (χ0v) is 16.7. The molecule has 1 aromatic carbocycles. The smallest absolute Gasteiger partial charge is 0.258 e. The van der Waals surface area contributed by atoms with Gasteiger partial charge in [-0.2, -0.15) is 0 Å². The average molecular weight is 402 g/mol. The Morgan fingerprint density at radius 2 is 2.15 bits per heavy atom. The summed E-state index contributed by atoms with van der Waals surface area (Å²) in [5.41, 5.74) is 0.287. The van der Waals surface area contributed by atoms with Crippen LogP contribution in [0, 0.1) is 6.92 Å². The highest BCUT2D eigenvalue weighted by Crippen LogP contribution is 2.17. The standard InChI is InChI=1S/C20H20ClN3O2S/c1-3-10-24(19(25)9-7-15-6-4-13(2)27-15)12-18-22-17-11-14(21)5-8-16(17)20(26)23-18/h4-9,11H,3,10,12H2,1-2H3,(H,22,23,26). The predicted molar refractivity (Wildman–Crippen MR) is 111 cm³/mol. The second-order valence-electron chi connectivity index (χ2n) is 6.22. The van der Waals surface area contributed by atoms with E-state index in [9.17, 15) is 9.59 Å². The van der Waals surface area contributed by atoms with Gasteiger partial charge >= 0.3 is 0 Å². The summed E-state index contributed by atoms with van der Waals surface area (Å²) in [6.07, 6.45) is 4.19. The Balaban J connectivity index is 1.83. The van der Waals surface area contributed by atoms with E-state index in [0.717, 1.165) is 11.3 Å². The quantitative estimate of drug-likeness (QED) is 0.622. The largest absolute Gasteiger partial charge is 0.332 e. The van der Waals surface area contributed by atoms with Crippen molar-refractivity contribution in [2.75, 3.05) is 6.54 Å². The second-order valence-corrected chi connectivity index (χ2v) is 7.97. The molecule has 0 aliphatic heterocycles. The van der Waals surface area contributed by atoms with Crippen molar-refractivity contribution in [3.8, 4) is 0 Å². The van der Waals surface area contributed by atoms with E-state index in [0.29, 0.717) is 28.3 Å². The minimum atomic E-state index is -0.236. The number of nitrogens with one attached hydrogen (secondary N) is 1. The molecule has 0 bridgehead atoms. The van der Waals surface area contributed by atoms with Gasteiger partial charge in [-0.05, 0) is 49.8 Å².